The molecular formula is C14H17N3O2. The van der Waals surface area contributed by atoms with Crippen LogP contribution in [-0.4, -0.2) is 53.3 Å². The molecule has 1 fully saturated rings. The Morgan fingerprint density at radius 3 is 2.32 bits per heavy atom. The van der Waals surface area contributed by atoms with Crippen molar-refractivity contribution in [2.45, 2.75) is 13.1 Å². The SMILES string of the molecule is CN1CCN(CC(=O)N2Cc3ccccc3C2)C1=O. The van der Waals surface area contributed by atoms with Crippen molar-refractivity contribution in [3.8, 4) is 0 Å². The standard InChI is InChI=1S/C14H17N3O2/c1-15-6-7-16(14(15)19)10-13(18)17-8-11-4-2-3-5-12(11)9-17/h2-5H,6-10H2,1H3. The second-order valence-electron chi connectivity index (χ2n) is 5.14. The molecule has 1 aromatic carbocycles. The summed E-state index contributed by atoms with van der Waals surface area (Å²) in [6, 6.07) is 8.04. The van der Waals surface area contributed by atoms with Gasteiger partial charge in [-0.05, 0) is 11.1 Å². The maximum absolute atomic E-state index is 12.2. The van der Waals surface area contributed by atoms with E-state index in [9.17, 15) is 9.59 Å². The van der Waals surface area contributed by atoms with Crippen LogP contribution in [-0.2, 0) is 17.9 Å². The largest absolute Gasteiger partial charge is 0.332 e. The first-order valence-electron chi connectivity index (χ1n) is 6.50. The Bertz CT molecular complexity index is 504. The lowest BCUT2D eigenvalue weighted by atomic mass is 10.1. The average Bonchev–Trinajstić information content (AvgIpc) is 2.97. The van der Waals surface area contributed by atoms with Crippen molar-refractivity contribution in [1.82, 2.24) is 14.7 Å². The van der Waals surface area contributed by atoms with E-state index in [1.54, 1.807) is 16.8 Å². The maximum atomic E-state index is 12.2. The highest BCUT2D eigenvalue weighted by Gasteiger charge is 2.30. The van der Waals surface area contributed by atoms with Crippen LogP contribution in [0.2, 0.25) is 0 Å². The maximum Gasteiger partial charge on any atom is 0.320 e. The number of amides is 3. The lowest BCUT2D eigenvalue weighted by Crippen LogP contribution is -2.39. The number of fused-ring (bicyclic) bond motifs is 1. The van der Waals surface area contributed by atoms with Gasteiger partial charge in [0, 0.05) is 33.2 Å². The number of carbonyl (C=O) groups is 2. The first-order valence-corrected chi connectivity index (χ1v) is 6.50. The summed E-state index contributed by atoms with van der Waals surface area (Å²) in [7, 11) is 1.76. The Morgan fingerprint density at radius 1 is 1.16 bits per heavy atom. The minimum absolute atomic E-state index is 0.0276. The van der Waals surface area contributed by atoms with E-state index in [4.69, 9.17) is 0 Å². The Labute approximate surface area is 112 Å². The number of carbonyl (C=O) groups excluding carboxylic acids is 2. The van der Waals surface area contributed by atoms with Crippen molar-refractivity contribution in [3.63, 3.8) is 0 Å². The van der Waals surface area contributed by atoms with Gasteiger partial charge in [0.15, 0.2) is 0 Å². The number of hydrogen-bond donors (Lipinski definition) is 0. The minimum atomic E-state index is -0.0509. The van der Waals surface area contributed by atoms with Gasteiger partial charge in [0.05, 0.1) is 0 Å². The molecule has 5 nitrogen and oxygen atoms in total. The molecule has 0 unspecified atom stereocenters. The van der Waals surface area contributed by atoms with Gasteiger partial charge < -0.3 is 14.7 Å². The van der Waals surface area contributed by atoms with E-state index in [1.165, 1.54) is 11.1 Å². The van der Waals surface area contributed by atoms with E-state index >= 15 is 0 Å². The molecule has 0 radical (unpaired) electrons. The Balaban J connectivity index is 1.63. The lowest BCUT2D eigenvalue weighted by molar-refractivity contribution is -0.132. The van der Waals surface area contributed by atoms with Gasteiger partial charge in [-0.2, -0.15) is 0 Å². The molecule has 0 saturated carbocycles. The van der Waals surface area contributed by atoms with Crippen molar-refractivity contribution < 1.29 is 9.59 Å². The molecule has 3 rings (SSSR count). The van der Waals surface area contributed by atoms with E-state index in [0.717, 1.165) is 0 Å². The smallest absolute Gasteiger partial charge is 0.320 e. The fourth-order valence-electron chi connectivity index (χ4n) is 2.62. The molecule has 0 aliphatic carbocycles. The van der Waals surface area contributed by atoms with Gasteiger partial charge in [-0.15, -0.1) is 0 Å². The van der Waals surface area contributed by atoms with Crippen LogP contribution >= 0.6 is 0 Å². The molecule has 3 amide bonds. The minimum Gasteiger partial charge on any atom is -0.332 e. The van der Waals surface area contributed by atoms with Gasteiger partial charge in [0.25, 0.3) is 0 Å². The molecule has 0 bridgehead atoms. The summed E-state index contributed by atoms with van der Waals surface area (Å²) in [5.74, 6) is 0.0276. The summed E-state index contributed by atoms with van der Waals surface area (Å²) < 4.78 is 0. The highest BCUT2D eigenvalue weighted by molar-refractivity contribution is 5.85. The summed E-state index contributed by atoms with van der Waals surface area (Å²) >= 11 is 0. The van der Waals surface area contributed by atoms with E-state index in [-0.39, 0.29) is 18.5 Å². The van der Waals surface area contributed by atoms with Gasteiger partial charge in [-0.1, -0.05) is 24.3 Å². The number of rotatable bonds is 2. The van der Waals surface area contributed by atoms with Crippen LogP contribution in [0, 0.1) is 0 Å². The third kappa shape index (κ3) is 2.16. The molecule has 2 heterocycles. The van der Waals surface area contributed by atoms with E-state index in [1.807, 2.05) is 17.0 Å². The number of likely N-dealkylation sites (N-methyl/N-ethyl adjacent to an activating group) is 1. The molecular weight excluding hydrogens is 242 g/mol. The zero-order valence-electron chi connectivity index (χ0n) is 11.0. The molecule has 0 aromatic heterocycles. The van der Waals surface area contributed by atoms with Gasteiger partial charge >= 0.3 is 6.03 Å². The fraction of sp³-hybridized carbons (Fsp3) is 0.429. The zero-order chi connectivity index (χ0) is 13.4. The van der Waals surface area contributed by atoms with Crippen LogP contribution in [0.5, 0.6) is 0 Å². The summed E-state index contributed by atoms with van der Waals surface area (Å²) in [6.45, 7) is 2.85. The highest BCUT2D eigenvalue weighted by Crippen LogP contribution is 2.22. The van der Waals surface area contributed by atoms with Crippen LogP contribution in [0.25, 0.3) is 0 Å². The molecule has 0 spiro atoms. The van der Waals surface area contributed by atoms with Crippen molar-refractivity contribution >= 4 is 11.9 Å². The number of hydrogen-bond acceptors (Lipinski definition) is 2. The predicted molar refractivity (Wildman–Crippen MR) is 70.3 cm³/mol. The topological polar surface area (TPSA) is 43.9 Å². The summed E-state index contributed by atoms with van der Waals surface area (Å²) in [4.78, 5) is 29.1. The normalized spacial score (nSPS) is 18.2. The molecule has 2 aliphatic heterocycles. The van der Waals surface area contributed by atoms with Gasteiger partial charge in [0.2, 0.25) is 5.91 Å². The average molecular weight is 259 g/mol. The van der Waals surface area contributed by atoms with E-state index < -0.39 is 0 Å². The number of nitrogens with zero attached hydrogens (tertiary/aromatic N) is 3. The third-order valence-corrected chi connectivity index (χ3v) is 3.82. The molecule has 2 aliphatic rings. The van der Waals surface area contributed by atoms with Crippen LogP contribution in [0.15, 0.2) is 24.3 Å². The zero-order valence-corrected chi connectivity index (χ0v) is 11.0. The van der Waals surface area contributed by atoms with Gasteiger partial charge in [-0.3, -0.25) is 4.79 Å². The Hall–Kier alpha value is -2.04. The van der Waals surface area contributed by atoms with Crippen molar-refractivity contribution in [2.24, 2.45) is 0 Å². The van der Waals surface area contributed by atoms with Crippen molar-refractivity contribution in [3.05, 3.63) is 35.4 Å². The first kappa shape index (κ1) is 12.0. The quantitative estimate of drug-likeness (QED) is 0.792. The lowest BCUT2D eigenvalue weighted by Gasteiger charge is -2.20. The summed E-state index contributed by atoms with van der Waals surface area (Å²) in [6.07, 6.45) is 0. The molecule has 1 saturated heterocycles. The molecule has 5 heteroatoms. The monoisotopic (exact) mass is 259 g/mol. The van der Waals surface area contributed by atoms with Crippen LogP contribution in [0.3, 0.4) is 0 Å². The van der Waals surface area contributed by atoms with E-state index in [2.05, 4.69) is 12.1 Å². The number of urea groups is 1. The number of benzene rings is 1. The Morgan fingerprint density at radius 2 is 1.79 bits per heavy atom. The van der Waals surface area contributed by atoms with E-state index in [0.29, 0.717) is 26.2 Å². The third-order valence-electron chi connectivity index (χ3n) is 3.82. The van der Waals surface area contributed by atoms with Crippen LogP contribution < -0.4 is 0 Å². The predicted octanol–water partition coefficient (Wildman–Crippen LogP) is 0.896. The second-order valence-corrected chi connectivity index (χ2v) is 5.14. The molecule has 19 heavy (non-hydrogen) atoms. The first-order chi connectivity index (χ1) is 9.15. The van der Waals surface area contributed by atoms with Gasteiger partial charge in [-0.25, -0.2) is 4.79 Å². The molecule has 0 N–H and O–H groups in total. The Kier molecular flexibility index (Phi) is 2.89. The van der Waals surface area contributed by atoms with Crippen LogP contribution in [0.1, 0.15) is 11.1 Å². The van der Waals surface area contributed by atoms with Crippen LogP contribution in [0.4, 0.5) is 4.79 Å². The highest BCUT2D eigenvalue weighted by atomic mass is 16.2. The molecule has 0 atom stereocenters. The summed E-state index contributed by atoms with van der Waals surface area (Å²) in [5, 5.41) is 0. The van der Waals surface area contributed by atoms with Gasteiger partial charge in [0.1, 0.15) is 6.54 Å². The fourth-order valence-corrected chi connectivity index (χ4v) is 2.62. The van der Waals surface area contributed by atoms with Crippen molar-refractivity contribution in [1.29, 1.82) is 0 Å². The molecule has 1 aromatic rings. The molecule has 100 valence electrons. The van der Waals surface area contributed by atoms with Crippen molar-refractivity contribution in [2.75, 3.05) is 26.7 Å². The summed E-state index contributed by atoms with van der Waals surface area (Å²) in [5.41, 5.74) is 2.42. The second kappa shape index (κ2) is 4.57.